The number of benzene rings is 2. The third-order valence-electron chi connectivity index (χ3n) is 5.23. The molecule has 0 radical (unpaired) electrons. The lowest BCUT2D eigenvalue weighted by atomic mass is 9.97. The Bertz CT molecular complexity index is 1050. The number of carbonyl (C=O) groups excluding carboxylic acids is 3. The van der Waals surface area contributed by atoms with Crippen LogP contribution in [0, 0.1) is 13.8 Å². The third kappa shape index (κ3) is 7.92. The molecular formula is C26H35N3O5S. The number of aryl methyl sites for hydroxylation is 2. The number of anilines is 1. The lowest BCUT2D eigenvalue weighted by Crippen LogP contribution is -2.52. The highest BCUT2D eigenvalue weighted by molar-refractivity contribution is 7.80. The molecule has 35 heavy (non-hydrogen) atoms. The van der Waals surface area contributed by atoms with Crippen LogP contribution in [-0.4, -0.2) is 54.4 Å². The van der Waals surface area contributed by atoms with Crippen LogP contribution in [-0.2, 0) is 14.3 Å². The summed E-state index contributed by atoms with van der Waals surface area (Å²) < 4.78 is 10.4. The molecule has 2 rings (SSSR count). The van der Waals surface area contributed by atoms with Crippen molar-refractivity contribution in [2.75, 3.05) is 25.2 Å². The summed E-state index contributed by atoms with van der Waals surface area (Å²) in [6.07, 6.45) is -0.732. The summed E-state index contributed by atoms with van der Waals surface area (Å²) in [7, 11) is 3.10. The van der Waals surface area contributed by atoms with Crippen LogP contribution in [0.1, 0.15) is 43.5 Å². The van der Waals surface area contributed by atoms with E-state index in [9.17, 15) is 14.4 Å². The number of ether oxygens (including phenoxy) is 2. The maximum absolute atomic E-state index is 13.5. The van der Waals surface area contributed by atoms with Crippen LogP contribution in [0.4, 0.5) is 10.5 Å². The summed E-state index contributed by atoms with van der Waals surface area (Å²) in [4.78, 5) is 40.5. The van der Waals surface area contributed by atoms with Gasteiger partial charge in [0.1, 0.15) is 23.4 Å². The Balaban J connectivity index is 2.35. The number of thiol groups is 1. The second-order valence-electron chi connectivity index (χ2n) is 9.31. The van der Waals surface area contributed by atoms with E-state index in [1.807, 2.05) is 32.0 Å². The van der Waals surface area contributed by atoms with Gasteiger partial charge in [-0.25, -0.2) is 4.79 Å². The highest BCUT2D eigenvalue weighted by atomic mass is 32.1. The van der Waals surface area contributed by atoms with Crippen molar-refractivity contribution in [3.05, 3.63) is 59.2 Å². The fourth-order valence-electron chi connectivity index (χ4n) is 3.55. The standard InChI is InChI=1S/C26H35N3O5S/c1-16-8-13-20(17(2)14-16)22(23(30)27-18-9-11-19(33-7)12-10-18)29(6)24(31)21(15-35)28-25(32)34-26(3,4)5/h8-14,21-22,35H,15H2,1-7H3,(H,27,30)(H,28,32). The van der Waals surface area contributed by atoms with E-state index in [0.29, 0.717) is 17.0 Å². The van der Waals surface area contributed by atoms with Gasteiger partial charge in [-0.1, -0.05) is 23.8 Å². The minimum Gasteiger partial charge on any atom is -0.497 e. The molecule has 0 aliphatic carbocycles. The Hall–Kier alpha value is -3.20. The number of hydrogen-bond donors (Lipinski definition) is 3. The number of alkyl carbamates (subject to hydrolysis) is 1. The molecule has 2 atom stereocenters. The van der Waals surface area contributed by atoms with Crippen LogP contribution in [0.2, 0.25) is 0 Å². The van der Waals surface area contributed by atoms with Crippen LogP contribution >= 0.6 is 12.6 Å². The van der Waals surface area contributed by atoms with E-state index < -0.39 is 35.6 Å². The SMILES string of the molecule is COc1ccc(NC(=O)C(c2ccc(C)cc2C)N(C)C(=O)C(CS)NC(=O)OC(C)(C)C)cc1. The van der Waals surface area contributed by atoms with Crippen LogP contribution < -0.4 is 15.4 Å². The Morgan fingerprint density at radius 3 is 2.20 bits per heavy atom. The van der Waals surface area contributed by atoms with Gasteiger partial charge in [0.2, 0.25) is 5.91 Å². The number of methoxy groups -OCH3 is 1. The van der Waals surface area contributed by atoms with Gasteiger partial charge in [-0.05, 0) is 70.0 Å². The van der Waals surface area contributed by atoms with E-state index in [1.165, 1.54) is 11.9 Å². The molecule has 2 aromatic carbocycles. The quantitative estimate of drug-likeness (QED) is 0.470. The second kappa shape index (κ2) is 12.0. The Kier molecular flexibility index (Phi) is 9.59. The Morgan fingerprint density at radius 1 is 1.06 bits per heavy atom. The first-order valence-electron chi connectivity index (χ1n) is 11.3. The summed E-state index contributed by atoms with van der Waals surface area (Å²) in [5.74, 6) is -0.179. The van der Waals surface area contributed by atoms with Crippen LogP contribution in [0.15, 0.2) is 42.5 Å². The zero-order valence-corrected chi connectivity index (χ0v) is 22.2. The van der Waals surface area contributed by atoms with E-state index in [4.69, 9.17) is 9.47 Å². The molecule has 0 bridgehead atoms. The maximum atomic E-state index is 13.5. The largest absolute Gasteiger partial charge is 0.497 e. The van der Waals surface area contributed by atoms with Crippen LogP contribution in [0.5, 0.6) is 5.75 Å². The van der Waals surface area contributed by atoms with Gasteiger partial charge < -0.3 is 25.0 Å². The van der Waals surface area contributed by atoms with Crippen molar-refractivity contribution >= 4 is 36.2 Å². The lowest BCUT2D eigenvalue weighted by Gasteiger charge is -2.32. The average molecular weight is 502 g/mol. The van der Waals surface area contributed by atoms with Gasteiger partial charge in [0.05, 0.1) is 7.11 Å². The number of likely N-dealkylation sites (N-methyl/N-ethyl adjacent to an activating group) is 1. The Morgan fingerprint density at radius 2 is 1.69 bits per heavy atom. The van der Waals surface area contributed by atoms with Crippen molar-refractivity contribution < 1.29 is 23.9 Å². The first-order valence-corrected chi connectivity index (χ1v) is 11.9. The molecule has 9 heteroatoms. The predicted octanol–water partition coefficient (Wildman–Crippen LogP) is 4.27. The molecule has 2 N–H and O–H groups in total. The van der Waals surface area contributed by atoms with E-state index in [2.05, 4.69) is 23.3 Å². The number of carbonyl (C=O) groups is 3. The summed E-state index contributed by atoms with van der Waals surface area (Å²) in [6.45, 7) is 9.05. The van der Waals surface area contributed by atoms with Crippen molar-refractivity contribution in [2.24, 2.45) is 0 Å². The van der Waals surface area contributed by atoms with Gasteiger partial charge in [0.25, 0.3) is 5.91 Å². The van der Waals surface area contributed by atoms with E-state index in [1.54, 1.807) is 52.1 Å². The molecule has 2 aromatic rings. The summed E-state index contributed by atoms with van der Waals surface area (Å²) in [6, 6.07) is 10.7. The second-order valence-corrected chi connectivity index (χ2v) is 9.68. The van der Waals surface area contributed by atoms with Crippen molar-refractivity contribution in [3.8, 4) is 5.75 Å². The van der Waals surface area contributed by atoms with E-state index in [0.717, 1.165) is 11.1 Å². The minimum absolute atomic E-state index is 0.0299. The number of nitrogens with one attached hydrogen (secondary N) is 2. The zero-order chi connectivity index (χ0) is 26.3. The molecule has 0 spiro atoms. The summed E-state index contributed by atoms with van der Waals surface area (Å²) >= 11 is 4.25. The first kappa shape index (κ1) is 28.0. The number of rotatable bonds is 8. The molecule has 2 unspecified atom stereocenters. The maximum Gasteiger partial charge on any atom is 0.408 e. The third-order valence-corrected chi connectivity index (χ3v) is 5.60. The lowest BCUT2D eigenvalue weighted by molar-refractivity contribution is -0.138. The molecule has 3 amide bonds. The van der Waals surface area contributed by atoms with Gasteiger partial charge in [-0.2, -0.15) is 12.6 Å². The van der Waals surface area contributed by atoms with Gasteiger partial charge >= 0.3 is 6.09 Å². The summed E-state index contributed by atoms with van der Waals surface area (Å²) in [5, 5.41) is 5.44. The number of amides is 3. The van der Waals surface area contributed by atoms with Crippen LogP contribution in [0.3, 0.4) is 0 Å². The van der Waals surface area contributed by atoms with Crippen molar-refractivity contribution in [2.45, 2.75) is 52.3 Å². The predicted molar refractivity (Wildman–Crippen MR) is 140 cm³/mol. The molecule has 0 aromatic heterocycles. The highest BCUT2D eigenvalue weighted by Gasteiger charge is 2.34. The van der Waals surface area contributed by atoms with Crippen molar-refractivity contribution in [1.82, 2.24) is 10.2 Å². The molecule has 0 saturated carbocycles. The van der Waals surface area contributed by atoms with Crippen molar-refractivity contribution in [1.29, 1.82) is 0 Å². The molecule has 0 aliphatic heterocycles. The molecule has 0 fully saturated rings. The van der Waals surface area contributed by atoms with Gasteiger partial charge in [-0.15, -0.1) is 0 Å². The summed E-state index contributed by atoms with van der Waals surface area (Å²) in [5.41, 5.74) is 2.41. The molecule has 0 saturated heterocycles. The van der Waals surface area contributed by atoms with Gasteiger partial charge in [-0.3, -0.25) is 9.59 Å². The molecule has 8 nitrogen and oxygen atoms in total. The molecular weight excluding hydrogens is 466 g/mol. The Labute approximate surface area is 212 Å². The fraction of sp³-hybridized carbons (Fsp3) is 0.423. The van der Waals surface area contributed by atoms with Crippen LogP contribution in [0.25, 0.3) is 0 Å². The average Bonchev–Trinajstić information content (AvgIpc) is 2.77. The number of hydrogen-bond acceptors (Lipinski definition) is 6. The monoisotopic (exact) mass is 501 g/mol. The zero-order valence-electron chi connectivity index (χ0n) is 21.3. The van der Waals surface area contributed by atoms with E-state index in [-0.39, 0.29) is 5.75 Å². The molecule has 0 aliphatic rings. The van der Waals surface area contributed by atoms with E-state index >= 15 is 0 Å². The topological polar surface area (TPSA) is 97.0 Å². The smallest absolute Gasteiger partial charge is 0.408 e. The van der Waals surface area contributed by atoms with Crippen molar-refractivity contribution in [3.63, 3.8) is 0 Å². The first-order chi connectivity index (χ1) is 16.4. The highest BCUT2D eigenvalue weighted by Crippen LogP contribution is 2.27. The fourth-order valence-corrected chi connectivity index (χ4v) is 3.80. The number of nitrogens with zero attached hydrogens (tertiary/aromatic N) is 1. The van der Waals surface area contributed by atoms with Gasteiger partial charge in [0, 0.05) is 18.5 Å². The molecule has 0 heterocycles. The normalized spacial score (nSPS) is 12.8. The minimum atomic E-state index is -0.986. The van der Waals surface area contributed by atoms with Gasteiger partial charge in [0.15, 0.2) is 0 Å². The molecule has 190 valence electrons.